The van der Waals surface area contributed by atoms with Crippen LogP contribution in [-0.4, -0.2) is 50.8 Å². The van der Waals surface area contributed by atoms with E-state index in [0.717, 1.165) is 9.91 Å². The van der Waals surface area contributed by atoms with Crippen LogP contribution >= 0.6 is 11.3 Å². The van der Waals surface area contributed by atoms with Gasteiger partial charge in [0.25, 0.3) is 0 Å². The number of hydrogen-bond acceptors (Lipinski definition) is 5. The molecule has 0 bridgehead atoms. The smallest absolute Gasteiger partial charge is 0.326 e. The summed E-state index contributed by atoms with van der Waals surface area (Å²) in [6, 6.07) is -1.76. The quantitative estimate of drug-likeness (QED) is 0.747. The minimum Gasteiger partial charge on any atom is -0.480 e. The van der Waals surface area contributed by atoms with Crippen LogP contribution in [0.5, 0.6) is 0 Å². The number of carboxylic acid groups (broad SMARTS) is 1. The number of aromatic nitrogens is 1. The summed E-state index contributed by atoms with van der Waals surface area (Å²) in [5, 5.41) is 23.8. The van der Waals surface area contributed by atoms with Crippen LogP contribution < -0.4 is 5.32 Å². The molecule has 2 amide bonds. The first-order valence-electron chi connectivity index (χ1n) is 5.86. The number of thiazole rings is 1. The molecule has 2 heterocycles. The van der Waals surface area contributed by atoms with Crippen molar-refractivity contribution in [2.24, 2.45) is 0 Å². The Balaban J connectivity index is 2.01. The molecule has 1 aromatic heterocycles. The molecular weight excluding hydrogens is 270 g/mol. The fraction of sp³-hybridized carbons (Fsp3) is 0.545. The van der Waals surface area contributed by atoms with Crippen molar-refractivity contribution in [3.05, 3.63) is 16.6 Å². The second-order valence-electron chi connectivity index (χ2n) is 4.44. The van der Waals surface area contributed by atoms with Gasteiger partial charge in [0.2, 0.25) is 0 Å². The predicted molar refractivity (Wildman–Crippen MR) is 67.8 cm³/mol. The average molecular weight is 285 g/mol. The number of nitrogens with zero attached hydrogens (tertiary/aromatic N) is 2. The Kier molecular flexibility index (Phi) is 4.01. The maximum atomic E-state index is 12.0. The molecule has 0 saturated carbocycles. The van der Waals surface area contributed by atoms with E-state index >= 15 is 0 Å². The standard InChI is InChI=1S/C11H15N3O4S/c1-6(9-12-2-3-19-9)13-11(18)14-5-7(15)4-8(14)10(16)17/h2-3,6-8,15H,4-5H2,1H3,(H,13,18)(H,16,17)/t6?,7-,8-/m1/s1. The Bertz CT molecular complexity index is 465. The third-order valence-corrected chi connectivity index (χ3v) is 3.95. The van der Waals surface area contributed by atoms with E-state index in [9.17, 15) is 14.7 Å². The largest absolute Gasteiger partial charge is 0.480 e. The van der Waals surface area contributed by atoms with E-state index in [-0.39, 0.29) is 19.0 Å². The molecular formula is C11H15N3O4S. The first-order chi connectivity index (χ1) is 8.99. The molecule has 7 nitrogen and oxygen atoms in total. The van der Waals surface area contributed by atoms with Crippen molar-refractivity contribution in [2.45, 2.75) is 31.5 Å². The van der Waals surface area contributed by atoms with Gasteiger partial charge in [-0.25, -0.2) is 14.6 Å². The summed E-state index contributed by atoms with van der Waals surface area (Å²) in [5.41, 5.74) is 0. The third-order valence-electron chi connectivity index (χ3n) is 2.99. The minimum absolute atomic E-state index is 0.0351. The number of amides is 2. The normalized spacial score (nSPS) is 24.2. The number of urea groups is 1. The molecule has 2 rings (SSSR count). The summed E-state index contributed by atoms with van der Waals surface area (Å²) < 4.78 is 0. The Hall–Kier alpha value is -1.67. The van der Waals surface area contributed by atoms with Crippen LogP contribution in [0.3, 0.4) is 0 Å². The van der Waals surface area contributed by atoms with Crippen LogP contribution in [-0.2, 0) is 4.79 Å². The minimum atomic E-state index is -1.10. The van der Waals surface area contributed by atoms with E-state index in [1.165, 1.54) is 11.3 Å². The van der Waals surface area contributed by atoms with Gasteiger partial charge in [-0.1, -0.05) is 0 Å². The molecule has 1 aliphatic heterocycles. The van der Waals surface area contributed by atoms with E-state index in [1.54, 1.807) is 18.5 Å². The Labute approximate surface area is 113 Å². The zero-order chi connectivity index (χ0) is 14.0. The highest BCUT2D eigenvalue weighted by atomic mass is 32.1. The van der Waals surface area contributed by atoms with Crippen LogP contribution in [0.4, 0.5) is 4.79 Å². The summed E-state index contributed by atoms with van der Waals surface area (Å²) in [7, 11) is 0. The molecule has 1 unspecified atom stereocenters. The van der Waals surface area contributed by atoms with Gasteiger partial charge >= 0.3 is 12.0 Å². The maximum absolute atomic E-state index is 12.0. The number of carbonyl (C=O) groups is 2. The molecule has 1 aromatic rings. The molecule has 0 radical (unpaired) electrons. The number of hydrogen-bond donors (Lipinski definition) is 3. The zero-order valence-electron chi connectivity index (χ0n) is 10.3. The van der Waals surface area contributed by atoms with Crippen LogP contribution in [0.2, 0.25) is 0 Å². The molecule has 3 atom stereocenters. The SMILES string of the molecule is CC(NC(=O)N1C[C@H](O)C[C@@H]1C(=O)O)c1nccs1. The second-order valence-corrected chi connectivity index (χ2v) is 5.36. The Morgan fingerprint density at radius 1 is 1.63 bits per heavy atom. The van der Waals surface area contributed by atoms with E-state index in [1.807, 2.05) is 0 Å². The van der Waals surface area contributed by atoms with Crippen molar-refractivity contribution < 1.29 is 19.8 Å². The predicted octanol–water partition coefficient (Wildman–Crippen LogP) is 0.433. The van der Waals surface area contributed by atoms with Gasteiger partial charge in [-0.15, -0.1) is 11.3 Å². The number of carbonyl (C=O) groups excluding carboxylic acids is 1. The van der Waals surface area contributed by atoms with Crippen molar-refractivity contribution in [3.63, 3.8) is 0 Å². The molecule has 0 spiro atoms. The summed E-state index contributed by atoms with van der Waals surface area (Å²) in [6.07, 6.45) is 0.915. The van der Waals surface area contributed by atoms with Gasteiger partial charge in [0, 0.05) is 24.5 Å². The highest BCUT2D eigenvalue weighted by Crippen LogP contribution is 2.20. The van der Waals surface area contributed by atoms with E-state index in [0.29, 0.717) is 0 Å². The van der Waals surface area contributed by atoms with Gasteiger partial charge in [0.05, 0.1) is 12.1 Å². The van der Waals surface area contributed by atoms with Crippen LogP contribution in [0.15, 0.2) is 11.6 Å². The highest BCUT2D eigenvalue weighted by Gasteiger charge is 2.39. The number of rotatable bonds is 3. The van der Waals surface area contributed by atoms with Gasteiger partial charge in [0.1, 0.15) is 11.0 Å². The van der Waals surface area contributed by atoms with Crippen molar-refractivity contribution in [2.75, 3.05) is 6.54 Å². The first-order valence-corrected chi connectivity index (χ1v) is 6.74. The fourth-order valence-electron chi connectivity index (χ4n) is 2.05. The molecule has 0 aliphatic carbocycles. The molecule has 104 valence electrons. The summed E-state index contributed by atoms with van der Waals surface area (Å²) >= 11 is 1.41. The fourth-order valence-corrected chi connectivity index (χ4v) is 2.70. The Morgan fingerprint density at radius 3 is 2.95 bits per heavy atom. The van der Waals surface area contributed by atoms with E-state index < -0.39 is 24.1 Å². The van der Waals surface area contributed by atoms with Crippen molar-refractivity contribution in [3.8, 4) is 0 Å². The van der Waals surface area contributed by atoms with Gasteiger partial charge < -0.3 is 20.4 Å². The van der Waals surface area contributed by atoms with Crippen LogP contribution in [0, 0.1) is 0 Å². The molecule has 3 N–H and O–H groups in total. The molecule has 1 aliphatic rings. The number of aliphatic hydroxyl groups excluding tert-OH is 1. The van der Waals surface area contributed by atoms with E-state index in [2.05, 4.69) is 10.3 Å². The topological polar surface area (TPSA) is 103 Å². The number of nitrogens with one attached hydrogen (secondary N) is 1. The molecule has 8 heteroatoms. The number of β-amino-alcohol motifs (C(OH)–C–C–N with tert-alkyl or cyclic N) is 1. The summed E-state index contributed by atoms with van der Waals surface area (Å²) in [5.74, 6) is -1.10. The van der Waals surface area contributed by atoms with Crippen molar-refractivity contribution in [1.29, 1.82) is 0 Å². The number of aliphatic carboxylic acids is 1. The summed E-state index contributed by atoms with van der Waals surface area (Å²) in [6.45, 7) is 1.81. The lowest BCUT2D eigenvalue weighted by atomic mass is 10.2. The average Bonchev–Trinajstić information content (AvgIpc) is 2.96. The molecule has 1 fully saturated rings. The van der Waals surface area contributed by atoms with Gasteiger partial charge in [-0.3, -0.25) is 0 Å². The van der Waals surface area contributed by atoms with Gasteiger partial charge in [-0.2, -0.15) is 0 Å². The molecule has 19 heavy (non-hydrogen) atoms. The molecule has 1 saturated heterocycles. The maximum Gasteiger partial charge on any atom is 0.326 e. The van der Waals surface area contributed by atoms with Crippen molar-refractivity contribution >= 4 is 23.3 Å². The first kappa shape index (κ1) is 13.8. The van der Waals surface area contributed by atoms with Crippen LogP contribution in [0.1, 0.15) is 24.4 Å². The lowest BCUT2D eigenvalue weighted by molar-refractivity contribution is -0.141. The highest BCUT2D eigenvalue weighted by molar-refractivity contribution is 7.09. The Morgan fingerprint density at radius 2 is 2.37 bits per heavy atom. The monoisotopic (exact) mass is 285 g/mol. The third kappa shape index (κ3) is 3.02. The second kappa shape index (κ2) is 5.54. The number of likely N-dealkylation sites (tertiary alicyclic amines) is 1. The molecule has 0 aromatic carbocycles. The number of carboxylic acids is 1. The van der Waals surface area contributed by atoms with E-state index in [4.69, 9.17) is 5.11 Å². The van der Waals surface area contributed by atoms with Gasteiger partial charge in [-0.05, 0) is 6.92 Å². The van der Waals surface area contributed by atoms with Gasteiger partial charge in [0.15, 0.2) is 0 Å². The van der Waals surface area contributed by atoms with Crippen LogP contribution in [0.25, 0.3) is 0 Å². The lowest BCUT2D eigenvalue weighted by Crippen LogP contribution is -2.46. The lowest BCUT2D eigenvalue weighted by Gasteiger charge is -2.23. The number of aliphatic hydroxyl groups is 1. The zero-order valence-corrected chi connectivity index (χ0v) is 11.1. The summed E-state index contributed by atoms with van der Waals surface area (Å²) in [4.78, 5) is 28.3. The van der Waals surface area contributed by atoms with Crippen molar-refractivity contribution in [1.82, 2.24) is 15.2 Å².